The zero-order valence-corrected chi connectivity index (χ0v) is 13.7. The van der Waals surface area contributed by atoms with E-state index in [9.17, 15) is 13.2 Å². The minimum atomic E-state index is -3.53. The molecule has 22 heavy (non-hydrogen) atoms. The number of nitrogens with one attached hydrogen (secondary N) is 1. The van der Waals surface area contributed by atoms with E-state index >= 15 is 0 Å². The van der Waals surface area contributed by atoms with Crippen molar-refractivity contribution in [1.82, 2.24) is 4.57 Å². The smallest absolute Gasteiger partial charge is 0.258 e. The highest BCUT2D eigenvalue weighted by Gasteiger charge is 2.17. The van der Waals surface area contributed by atoms with Gasteiger partial charge in [0.15, 0.2) is 0 Å². The maximum absolute atomic E-state index is 12.1. The first-order valence-electron chi connectivity index (χ1n) is 6.99. The molecule has 0 amide bonds. The zero-order chi connectivity index (χ0) is 16.3. The van der Waals surface area contributed by atoms with Gasteiger partial charge in [-0.05, 0) is 30.0 Å². The fraction of sp³-hybridized carbons (Fsp3) is 0.400. The first-order valence-corrected chi connectivity index (χ1v) is 8.64. The Morgan fingerprint density at radius 3 is 2.68 bits per heavy atom. The number of aromatic nitrogens is 1. The van der Waals surface area contributed by atoms with Crippen LogP contribution in [0.2, 0.25) is 0 Å². The van der Waals surface area contributed by atoms with Crippen molar-refractivity contribution in [2.24, 2.45) is 7.05 Å². The van der Waals surface area contributed by atoms with Gasteiger partial charge in [0.1, 0.15) is 0 Å². The van der Waals surface area contributed by atoms with Gasteiger partial charge in [-0.2, -0.15) is 0 Å². The Bertz CT molecular complexity index is 823. The number of sulfonamides is 1. The maximum atomic E-state index is 12.1. The Morgan fingerprint density at radius 2 is 2.05 bits per heavy atom. The third kappa shape index (κ3) is 3.66. The number of benzene rings is 1. The number of aryl methyl sites for hydroxylation is 1. The molecule has 1 heterocycles. The molecule has 2 aromatic rings. The summed E-state index contributed by atoms with van der Waals surface area (Å²) in [4.78, 5) is 12.1. The van der Waals surface area contributed by atoms with Crippen molar-refractivity contribution in [1.29, 1.82) is 0 Å². The van der Waals surface area contributed by atoms with Crippen molar-refractivity contribution in [3.8, 4) is 0 Å². The van der Waals surface area contributed by atoms with Crippen LogP contribution in [-0.2, 0) is 21.8 Å². The van der Waals surface area contributed by atoms with E-state index < -0.39 is 10.0 Å². The highest BCUT2D eigenvalue weighted by molar-refractivity contribution is 7.92. The zero-order valence-electron chi connectivity index (χ0n) is 12.9. The fourth-order valence-electron chi connectivity index (χ4n) is 2.22. The number of ether oxygens (including phenoxy) is 1. The predicted octanol–water partition coefficient (Wildman–Crippen LogP) is 1.71. The van der Waals surface area contributed by atoms with Crippen LogP contribution in [0, 0.1) is 0 Å². The summed E-state index contributed by atoms with van der Waals surface area (Å²) in [6, 6.07) is 6.74. The molecular weight excluding hydrogens is 304 g/mol. The van der Waals surface area contributed by atoms with Crippen LogP contribution in [0.15, 0.2) is 35.3 Å². The average Bonchev–Trinajstić information content (AvgIpc) is 2.48. The Kier molecular flexibility index (Phi) is 4.87. The summed E-state index contributed by atoms with van der Waals surface area (Å²) in [6.45, 7) is 1.86. The van der Waals surface area contributed by atoms with Crippen LogP contribution in [0.5, 0.6) is 0 Å². The lowest BCUT2D eigenvalue weighted by atomic mass is 10.1. The molecule has 1 atom stereocenters. The lowest BCUT2D eigenvalue weighted by Gasteiger charge is -2.14. The Morgan fingerprint density at radius 1 is 1.32 bits per heavy atom. The molecule has 1 aromatic heterocycles. The summed E-state index contributed by atoms with van der Waals surface area (Å²) in [5.41, 5.74) is 0.212. The molecule has 0 saturated heterocycles. The molecule has 1 unspecified atom stereocenters. The highest BCUT2D eigenvalue weighted by atomic mass is 32.2. The minimum Gasteiger partial charge on any atom is -0.380 e. The van der Waals surface area contributed by atoms with Crippen LogP contribution in [0.1, 0.15) is 13.3 Å². The Hall–Kier alpha value is -1.86. The maximum Gasteiger partial charge on any atom is 0.258 e. The summed E-state index contributed by atoms with van der Waals surface area (Å²) in [6.07, 6.45) is 1.93. The van der Waals surface area contributed by atoms with Gasteiger partial charge in [0, 0.05) is 31.4 Å². The summed E-state index contributed by atoms with van der Waals surface area (Å²) in [5.74, 6) is -0.120. The molecule has 0 bridgehead atoms. The first kappa shape index (κ1) is 16.5. The third-order valence-corrected chi connectivity index (χ3v) is 4.91. The van der Waals surface area contributed by atoms with Crippen molar-refractivity contribution < 1.29 is 13.2 Å². The lowest BCUT2D eigenvalue weighted by molar-refractivity contribution is 0.117. The van der Waals surface area contributed by atoms with Gasteiger partial charge in [-0.3, -0.25) is 9.52 Å². The minimum absolute atomic E-state index is 0.120. The van der Waals surface area contributed by atoms with Crippen molar-refractivity contribution in [3.63, 3.8) is 0 Å². The second-order valence-corrected chi connectivity index (χ2v) is 6.95. The highest BCUT2D eigenvalue weighted by Crippen LogP contribution is 2.17. The second-order valence-electron chi connectivity index (χ2n) is 5.18. The van der Waals surface area contributed by atoms with E-state index in [2.05, 4.69) is 4.72 Å². The van der Waals surface area contributed by atoms with Gasteiger partial charge in [-0.1, -0.05) is 13.0 Å². The molecule has 2 rings (SSSR count). The summed E-state index contributed by atoms with van der Waals surface area (Å²) in [5, 5.41) is 1.25. The van der Waals surface area contributed by atoms with E-state index in [1.807, 2.05) is 13.0 Å². The molecule has 1 N–H and O–H groups in total. The summed E-state index contributed by atoms with van der Waals surface area (Å²) < 4.78 is 33.3. The van der Waals surface area contributed by atoms with E-state index in [1.54, 1.807) is 31.4 Å². The van der Waals surface area contributed by atoms with Gasteiger partial charge in [-0.25, -0.2) is 8.42 Å². The van der Waals surface area contributed by atoms with Crippen LogP contribution in [0.4, 0.5) is 5.69 Å². The van der Waals surface area contributed by atoms with Gasteiger partial charge in [0.2, 0.25) is 10.0 Å². The molecule has 1 aromatic carbocycles. The molecule has 0 aliphatic carbocycles. The van der Waals surface area contributed by atoms with Gasteiger partial charge in [-0.15, -0.1) is 0 Å². The van der Waals surface area contributed by atoms with Gasteiger partial charge in [0.25, 0.3) is 5.56 Å². The molecule has 0 aliphatic rings. The fourth-order valence-corrected chi connectivity index (χ4v) is 3.65. The number of methoxy groups -OCH3 is 1. The van der Waals surface area contributed by atoms with Gasteiger partial charge < -0.3 is 9.30 Å². The molecule has 0 spiro atoms. The molecule has 7 heteroatoms. The van der Waals surface area contributed by atoms with Crippen LogP contribution in [-0.4, -0.2) is 32.0 Å². The standard InChI is InChI=1S/C15H20N2O4S/c1-4-13(21-3)10-22(19,20)16-12-6-5-11-7-8-17(2)15(18)14(11)9-12/h5-9,13,16H,4,10H2,1-3H3. The van der Waals surface area contributed by atoms with Gasteiger partial charge in [0.05, 0.1) is 11.9 Å². The SMILES string of the molecule is CCC(CS(=O)(=O)Nc1ccc2ccn(C)c(=O)c2c1)OC. The van der Waals surface area contributed by atoms with Crippen LogP contribution in [0.3, 0.4) is 0 Å². The summed E-state index contributed by atoms with van der Waals surface area (Å²) in [7, 11) is -0.388. The van der Waals surface area contributed by atoms with E-state index in [0.29, 0.717) is 17.5 Å². The van der Waals surface area contributed by atoms with Crippen LogP contribution in [0.25, 0.3) is 10.8 Å². The molecule has 0 fully saturated rings. The summed E-state index contributed by atoms with van der Waals surface area (Å²) >= 11 is 0. The molecule has 6 nitrogen and oxygen atoms in total. The second kappa shape index (κ2) is 6.50. The van der Waals surface area contributed by atoms with E-state index in [0.717, 1.165) is 5.39 Å². The van der Waals surface area contributed by atoms with Gasteiger partial charge >= 0.3 is 0 Å². The van der Waals surface area contributed by atoms with E-state index in [-0.39, 0.29) is 17.4 Å². The van der Waals surface area contributed by atoms with E-state index in [1.165, 1.54) is 11.7 Å². The predicted molar refractivity (Wildman–Crippen MR) is 87.7 cm³/mol. The monoisotopic (exact) mass is 324 g/mol. The normalized spacial score (nSPS) is 13.2. The third-order valence-electron chi connectivity index (χ3n) is 3.55. The molecule has 0 radical (unpaired) electrons. The number of fused-ring (bicyclic) bond motifs is 1. The van der Waals surface area contributed by atoms with Crippen LogP contribution < -0.4 is 10.3 Å². The van der Waals surface area contributed by atoms with E-state index in [4.69, 9.17) is 4.74 Å². The van der Waals surface area contributed by atoms with Crippen LogP contribution >= 0.6 is 0 Å². The number of anilines is 1. The Balaban J connectivity index is 2.32. The molecular formula is C15H20N2O4S. The number of rotatable bonds is 6. The molecule has 0 saturated carbocycles. The average molecular weight is 324 g/mol. The number of hydrogen-bond acceptors (Lipinski definition) is 4. The quantitative estimate of drug-likeness (QED) is 0.877. The first-order chi connectivity index (χ1) is 10.4. The van der Waals surface area contributed by atoms with Crippen molar-refractivity contribution in [2.75, 3.05) is 17.6 Å². The molecule has 0 aliphatic heterocycles. The number of pyridine rings is 1. The lowest BCUT2D eigenvalue weighted by Crippen LogP contribution is -2.27. The Labute approximate surface area is 129 Å². The number of hydrogen-bond donors (Lipinski definition) is 1. The van der Waals surface area contributed by atoms with Crippen molar-refractivity contribution in [3.05, 3.63) is 40.8 Å². The topological polar surface area (TPSA) is 77.4 Å². The van der Waals surface area contributed by atoms with Crippen molar-refractivity contribution in [2.45, 2.75) is 19.4 Å². The van der Waals surface area contributed by atoms with Crippen molar-refractivity contribution >= 4 is 26.5 Å². The number of nitrogens with zero attached hydrogens (tertiary/aromatic N) is 1. The largest absolute Gasteiger partial charge is 0.380 e. The molecule has 120 valence electrons.